The van der Waals surface area contributed by atoms with E-state index >= 15 is 0 Å². The number of halogens is 2. The number of nitrogens with zero attached hydrogens (tertiary/aromatic N) is 1. The van der Waals surface area contributed by atoms with Crippen molar-refractivity contribution in [2.24, 2.45) is 0 Å². The lowest BCUT2D eigenvalue weighted by Crippen LogP contribution is -2.26. The Morgan fingerprint density at radius 1 is 1.00 bits per heavy atom. The summed E-state index contributed by atoms with van der Waals surface area (Å²) in [5, 5.41) is 13.1. The van der Waals surface area contributed by atoms with Crippen molar-refractivity contribution in [3.05, 3.63) is 94.9 Å². The smallest absolute Gasteiger partial charge is 0.131 e. The Hall–Kier alpha value is -3.11. The highest BCUT2D eigenvalue weighted by molar-refractivity contribution is 6.31. The Kier molecular flexibility index (Phi) is 4.42. The third kappa shape index (κ3) is 3.09. The summed E-state index contributed by atoms with van der Waals surface area (Å²) in [7, 11) is 0. The normalized spacial score (nSPS) is 11.0. The first kappa shape index (κ1) is 17.3. The minimum atomic E-state index is -1.36. The van der Waals surface area contributed by atoms with E-state index in [1.165, 1.54) is 6.07 Å². The fourth-order valence-corrected chi connectivity index (χ4v) is 3.58. The van der Waals surface area contributed by atoms with Crippen LogP contribution < -0.4 is 5.11 Å². The molecule has 0 saturated carbocycles. The number of aromatic nitrogens is 1. The van der Waals surface area contributed by atoms with Crippen LogP contribution in [-0.4, -0.2) is 10.5 Å². The van der Waals surface area contributed by atoms with Gasteiger partial charge in [0.15, 0.2) is 0 Å². The summed E-state index contributed by atoms with van der Waals surface area (Å²) in [6.45, 7) is 0.316. The van der Waals surface area contributed by atoms with Crippen LogP contribution in [0.3, 0.4) is 0 Å². The zero-order valence-corrected chi connectivity index (χ0v) is 14.9. The zero-order valence-electron chi connectivity index (χ0n) is 14.2. The topological polar surface area (TPSA) is 45.1 Å². The molecule has 0 fully saturated rings. The van der Waals surface area contributed by atoms with E-state index in [0.717, 1.165) is 5.56 Å². The van der Waals surface area contributed by atoms with Crippen LogP contribution in [0.2, 0.25) is 5.02 Å². The average molecular weight is 379 g/mol. The molecule has 134 valence electrons. The van der Waals surface area contributed by atoms with Crippen LogP contribution in [0.4, 0.5) is 4.39 Å². The van der Waals surface area contributed by atoms with Gasteiger partial charge < -0.3 is 14.5 Å². The molecule has 0 aliphatic carbocycles. The number of carboxylic acids is 1. The lowest BCUT2D eigenvalue weighted by molar-refractivity contribution is -0.255. The molecule has 3 aromatic carbocycles. The molecule has 1 aromatic heterocycles. The summed E-state index contributed by atoms with van der Waals surface area (Å²) >= 11 is 6.15. The number of rotatable bonds is 4. The van der Waals surface area contributed by atoms with E-state index in [0.29, 0.717) is 22.5 Å². The molecule has 0 unspecified atom stereocenters. The SMILES string of the molecule is O=C([O-])c1c(-c2ccccc2F)c2cc(Cl)ccc2n1Cc1ccccc1. The van der Waals surface area contributed by atoms with Crippen molar-refractivity contribution in [3.8, 4) is 11.1 Å². The maximum atomic E-state index is 14.5. The molecule has 0 amide bonds. The Balaban J connectivity index is 2.07. The Bertz CT molecular complexity index is 1150. The van der Waals surface area contributed by atoms with E-state index in [-0.39, 0.29) is 16.8 Å². The molecule has 0 radical (unpaired) electrons. The third-order valence-electron chi connectivity index (χ3n) is 4.55. The maximum Gasteiger partial charge on any atom is 0.131 e. The van der Waals surface area contributed by atoms with E-state index < -0.39 is 11.8 Å². The molecule has 5 heteroatoms. The number of carbonyl (C=O) groups is 1. The van der Waals surface area contributed by atoms with Gasteiger partial charge in [0.05, 0.1) is 11.7 Å². The first-order chi connectivity index (χ1) is 13.1. The predicted molar refractivity (Wildman–Crippen MR) is 102 cm³/mol. The molecule has 0 N–H and O–H groups in total. The molecule has 0 atom stereocenters. The van der Waals surface area contributed by atoms with Gasteiger partial charge in [-0.15, -0.1) is 0 Å². The van der Waals surface area contributed by atoms with Gasteiger partial charge in [0, 0.05) is 33.6 Å². The second kappa shape index (κ2) is 6.89. The van der Waals surface area contributed by atoms with Gasteiger partial charge in [-0.05, 0) is 29.8 Å². The lowest BCUT2D eigenvalue weighted by Gasteiger charge is -2.13. The number of fused-ring (bicyclic) bond motifs is 1. The lowest BCUT2D eigenvalue weighted by atomic mass is 10.0. The van der Waals surface area contributed by atoms with Crippen LogP contribution >= 0.6 is 11.6 Å². The van der Waals surface area contributed by atoms with Crippen molar-refractivity contribution in [1.29, 1.82) is 0 Å². The number of carboxylic acid groups (broad SMARTS) is 1. The predicted octanol–water partition coefficient (Wildman–Crippen LogP) is 4.51. The molecule has 0 aliphatic rings. The largest absolute Gasteiger partial charge is 0.543 e. The van der Waals surface area contributed by atoms with Gasteiger partial charge in [0.25, 0.3) is 0 Å². The number of aromatic carboxylic acids is 1. The van der Waals surface area contributed by atoms with Gasteiger partial charge in [0.2, 0.25) is 0 Å². The molecule has 3 nitrogen and oxygen atoms in total. The van der Waals surface area contributed by atoms with E-state index in [1.807, 2.05) is 30.3 Å². The van der Waals surface area contributed by atoms with E-state index in [2.05, 4.69) is 0 Å². The molecular formula is C22H14ClFNO2-. The van der Waals surface area contributed by atoms with E-state index in [1.54, 1.807) is 41.0 Å². The van der Waals surface area contributed by atoms with Crippen molar-refractivity contribution in [1.82, 2.24) is 4.57 Å². The van der Waals surface area contributed by atoms with Crippen LogP contribution in [0.15, 0.2) is 72.8 Å². The fourth-order valence-electron chi connectivity index (χ4n) is 3.41. The van der Waals surface area contributed by atoms with Crippen LogP contribution in [0.5, 0.6) is 0 Å². The highest BCUT2D eigenvalue weighted by Gasteiger charge is 2.21. The van der Waals surface area contributed by atoms with Crippen LogP contribution in [0.1, 0.15) is 16.1 Å². The van der Waals surface area contributed by atoms with Gasteiger partial charge in [-0.3, -0.25) is 0 Å². The zero-order chi connectivity index (χ0) is 19.0. The molecule has 1 heterocycles. The second-order valence-corrected chi connectivity index (χ2v) is 6.66. The molecule has 4 rings (SSSR count). The summed E-state index contributed by atoms with van der Waals surface area (Å²) < 4.78 is 16.2. The fraction of sp³-hybridized carbons (Fsp3) is 0.0455. The van der Waals surface area contributed by atoms with Gasteiger partial charge in [-0.2, -0.15) is 0 Å². The summed E-state index contributed by atoms with van der Waals surface area (Å²) in [6, 6.07) is 20.7. The van der Waals surface area contributed by atoms with Crippen molar-refractivity contribution in [2.45, 2.75) is 6.54 Å². The van der Waals surface area contributed by atoms with Crippen molar-refractivity contribution in [3.63, 3.8) is 0 Å². The maximum absolute atomic E-state index is 14.5. The number of hydrogen-bond acceptors (Lipinski definition) is 2. The number of hydrogen-bond donors (Lipinski definition) is 0. The van der Waals surface area contributed by atoms with Crippen LogP contribution in [0, 0.1) is 5.82 Å². The number of carbonyl (C=O) groups excluding carboxylic acids is 1. The van der Waals surface area contributed by atoms with Crippen LogP contribution in [-0.2, 0) is 6.54 Å². The summed E-state index contributed by atoms with van der Waals surface area (Å²) in [5.41, 5.74) is 1.99. The molecule has 0 saturated heterocycles. The van der Waals surface area contributed by atoms with Gasteiger partial charge in [-0.25, -0.2) is 4.39 Å². The summed E-state index contributed by atoms with van der Waals surface area (Å²) in [5.74, 6) is -1.87. The molecule has 0 aliphatic heterocycles. The second-order valence-electron chi connectivity index (χ2n) is 6.22. The van der Waals surface area contributed by atoms with Gasteiger partial charge >= 0.3 is 0 Å². The van der Waals surface area contributed by atoms with Crippen molar-refractivity contribution >= 4 is 28.5 Å². The molecule has 0 bridgehead atoms. The standard InChI is InChI=1S/C22H15ClFNO2/c23-15-10-11-19-17(12-15)20(16-8-4-5-9-18(16)24)21(22(26)27)25(19)13-14-6-2-1-3-7-14/h1-12H,13H2,(H,26,27)/p-1. The number of benzene rings is 3. The summed E-state index contributed by atoms with van der Waals surface area (Å²) in [6.07, 6.45) is 0. The molecule has 4 aromatic rings. The Labute approximate surface area is 160 Å². The highest BCUT2D eigenvalue weighted by Crippen LogP contribution is 2.37. The van der Waals surface area contributed by atoms with Crippen LogP contribution in [0.25, 0.3) is 22.0 Å². The quantitative estimate of drug-likeness (QED) is 0.524. The average Bonchev–Trinajstić information content (AvgIpc) is 2.96. The monoisotopic (exact) mass is 378 g/mol. The summed E-state index contributed by atoms with van der Waals surface area (Å²) in [4.78, 5) is 12.1. The van der Waals surface area contributed by atoms with Gasteiger partial charge in [0.1, 0.15) is 5.82 Å². The van der Waals surface area contributed by atoms with Gasteiger partial charge in [-0.1, -0.05) is 60.1 Å². The van der Waals surface area contributed by atoms with E-state index in [9.17, 15) is 14.3 Å². The van der Waals surface area contributed by atoms with Crippen molar-refractivity contribution in [2.75, 3.05) is 0 Å². The Morgan fingerprint density at radius 3 is 2.41 bits per heavy atom. The minimum absolute atomic E-state index is 0.0683. The molecule has 27 heavy (non-hydrogen) atoms. The van der Waals surface area contributed by atoms with E-state index in [4.69, 9.17) is 11.6 Å². The highest BCUT2D eigenvalue weighted by atomic mass is 35.5. The van der Waals surface area contributed by atoms with Crippen molar-refractivity contribution < 1.29 is 14.3 Å². The third-order valence-corrected chi connectivity index (χ3v) is 4.78. The minimum Gasteiger partial charge on any atom is -0.543 e. The first-order valence-corrected chi connectivity index (χ1v) is 8.76. The molecular weight excluding hydrogens is 365 g/mol. The first-order valence-electron chi connectivity index (χ1n) is 8.38. The molecule has 0 spiro atoms. The Morgan fingerprint density at radius 2 is 1.70 bits per heavy atom.